The Morgan fingerprint density at radius 1 is 1.32 bits per heavy atom. The van der Waals surface area contributed by atoms with E-state index in [4.69, 9.17) is 4.74 Å². The molecule has 2 aromatic rings. The Kier molecular flexibility index (Phi) is 5.00. The lowest BCUT2D eigenvalue weighted by molar-refractivity contribution is 0.414. The molecular formula is C16H21NOS. The third kappa shape index (κ3) is 3.37. The Balaban J connectivity index is 2.32. The summed E-state index contributed by atoms with van der Waals surface area (Å²) in [5.74, 6) is 0.917. The summed E-state index contributed by atoms with van der Waals surface area (Å²) in [6.07, 6.45) is 1.13. The van der Waals surface area contributed by atoms with Gasteiger partial charge in [-0.15, -0.1) is 0 Å². The zero-order chi connectivity index (χ0) is 13.7. The van der Waals surface area contributed by atoms with Crippen LogP contribution in [0.5, 0.6) is 5.75 Å². The van der Waals surface area contributed by atoms with Crippen molar-refractivity contribution < 1.29 is 4.74 Å². The van der Waals surface area contributed by atoms with E-state index in [0.29, 0.717) is 0 Å². The predicted octanol–water partition coefficient (Wildman–Crippen LogP) is 4.15. The van der Waals surface area contributed by atoms with Gasteiger partial charge in [-0.05, 0) is 65.5 Å². The van der Waals surface area contributed by atoms with Gasteiger partial charge in [-0.1, -0.05) is 13.0 Å². The van der Waals surface area contributed by atoms with Crippen LogP contribution >= 0.6 is 11.3 Å². The van der Waals surface area contributed by atoms with E-state index in [2.05, 4.69) is 48.1 Å². The van der Waals surface area contributed by atoms with Crippen LogP contribution in [0.1, 0.15) is 36.1 Å². The van der Waals surface area contributed by atoms with E-state index >= 15 is 0 Å². The van der Waals surface area contributed by atoms with Gasteiger partial charge in [0.25, 0.3) is 0 Å². The fourth-order valence-corrected chi connectivity index (χ4v) is 2.92. The molecule has 1 aromatic heterocycles. The van der Waals surface area contributed by atoms with Crippen LogP contribution in [0.2, 0.25) is 0 Å². The van der Waals surface area contributed by atoms with Gasteiger partial charge in [-0.25, -0.2) is 0 Å². The fourth-order valence-electron chi connectivity index (χ4n) is 2.23. The van der Waals surface area contributed by atoms with Gasteiger partial charge in [0, 0.05) is 0 Å². The van der Waals surface area contributed by atoms with Crippen molar-refractivity contribution in [3.63, 3.8) is 0 Å². The van der Waals surface area contributed by atoms with Gasteiger partial charge in [-0.3, -0.25) is 0 Å². The first-order valence-corrected chi connectivity index (χ1v) is 7.60. The minimum absolute atomic E-state index is 0.275. The van der Waals surface area contributed by atoms with Crippen LogP contribution in [0.4, 0.5) is 0 Å². The van der Waals surface area contributed by atoms with Crippen molar-refractivity contribution in [3.05, 3.63) is 51.7 Å². The second kappa shape index (κ2) is 6.73. The molecule has 0 fully saturated rings. The predicted molar refractivity (Wildman–Crippen MR) is 82.2 cm³/mol. The Labute approximate surface area is 119 Å². The molecule has 0 spiro atoms. The highest BCUT2D eigenvalue weighted by atomic mass is 32.1. The molecule has 0 aliphatic rings. The van der Waals surface area contributed by atoms with Crippen molar-refractivity contribution >= 4 is 11.3 Å². The first kappa shape index (κ1) is 14.1. The Morgan fingerprint density at radius 2 is 2.16 bits per heavy atom. The highest BCUT2D eigenvalue weighted by molar-refractivity contribution is 7.08. The fraction of sp³-hybridized carbons (Fsp3) is 0.375. The number of methoxy groups -OCH3 is 1. The lowest BCUT2D eigenvalue weighted by atomic mass is 9.96. The first-order chi connectivity index (χ1) is 9.26. The average Bonchev–Trinajstić information content (AvgIpc) is 2.94. The number of thiophene rings is 1. The Morgan fingerprint density at radius 3 is 2.74 bits per heavy atom. The molecule has 1 aromatic carbocycles. The minimum atomic E-state index is 0.275. The van der Waals surface area contributed by atoms with Gasteiger partial charge in [0.15, 0.2) is 0 Å². The number of ether oxygens (including phenoxy) is 1. The monoisotopic (exact) mass is 275 g/mol. The van der Waals surface area contributed by atoms with E-state index in [0.717, 1.165) is 18.7 Å². The SMILES string of the molecule is CCCNC(c1ccsc1)c1ccc(OC)cc1C. The maximum Gasteiger partial charge on any atom is 0.119 e. The highest BCUT2D eigenvalue weighted by Gasteiger charge is 2.16. The van der Waals surface area contributed by atoms with Gasteiger partial charge in [0.1, 0.15) is 5.75 Å². The lowest BCUT2D eigenvalue weighted by Gasteiger charge is -2.20. The van der Waals surface area contributed by atoms with Crippen LogP contribution in [-0.4, -0.2) is 13.7 Å². The van der Waals surface area contributed by atoms with E-state index in [1.165, 1.54) is 16.7 Å². The molecule has 19 heavy (non-hydrogen) atoms. The summed E-state index contributed by atoms with van der Waals surface area (Å²) in [6.45, 7) is 5.36. The van der Waals surface area contributed by atoms with E-state index < -0.39 is 0 Å². The number of hydrogen-bond acceptors (Lipinski definition) is 3. The van der Waals surface area contributed by atoms with E-state index in [9.17, 15) is 0 Å². The summed E-state index contributed by atoms with van der Waals surface area (Å²) in [5, 5.41) is 7.99. The van der Waals surface area contributed by atoms with E-state index in [1.807, 2.05) is 6.07 Å². The smallest absolute Gasteiger partial charge is 0.119 e. The summed E-state index contributed by atoms with van der Waals surface area (Å²) in [7, 11) is 1.71. The van der Waals surface area contributed by atoms with Crippen LogP contribution in [0.15, 0.2) is 35.0 Å². The summed E-state index contributed by atoms with van der Waals surface area (Å²) in [5.41, 5.74) is 3.93. The van der Waals surface area contributed by atoms with Crippen molar-refractivity contribution in [2.45, 2.75) is 26.3 Å². The molecule has 3 heteroatoms. The maximum atomic E-state index is 5.28. The largest absolute Gasteiger partial charge is 0.497 e. The number of rotatable bonds is 6. The number of nitrogens with one attached hydrogen (secondary N) is 1. The second-order valence-electron chi connectivity index (χ2n) is 4.67. The Bertz CT molecular complexity index is 507. The zero-order valence-electron chi connectivity index (χ0n) is 11.8. The highest BCUT2D eigenvalue weighted by Crippen LogP contribution is 2.28. The van der Waals surface area contributed by atoms with Crippen molar-refractivity contribution in [2.24, 2.45) is 0 Å². The molecule has 1 unspecified atom stereocenters. The summed E-state index contributed by atoms with van der Waals surface area (Å²) in [4.78, 5) is 0. The quantitative estimate of drug-likeness (QED) is 0.855. The van der Waals surface area contributed by atoms with Crippen LogP contribution in [0, 0.1) is 6.92 Å². The van der Waals surface area contributed by atoms with Gasteiger partial charge in [0.2, 0.25) is 0 Å². The molecule has 1 atom stereocenters. The molecule has 102 valence electrons. The summed E-state index contributed by atoms with van der Waals surface area (Å²) < 4.78 is 5.28. The zero-order valence-corrected chi connectivity index (χ0v) is 12.6. The van der Waals surface area contributed by atoms with Gasteiger partial charge in [-0.2, -0.15) is 11.3 Å². The van der Waals surface area contributed by atoms with Crippen molar-refractivity contribution in [1.82, 2.24) is 5.32 Å². The molecule has 1 N–H and O–H groups in total. The third-order valence-electron chi connectivity index (χ3n) is 3.26. The topological polar surface area (TPSA) is 21.3 Å². The molecule has 2 rings (SSSR count). The standard InChI is InChI=1S/C16H21NOS/c1-4-8-17-16(13-7-9-19-11-13)15-6-5-14(18-3)10-12(15)2/h5-7,9-11,16-17H,4,8H2,1-3H3. The van der Waals surface area contributed by atoms with Gasteiger partial charge in [0.05, 0.1) is 13.2 Å². The normalized spacial score (nSPS) is 12.4. The number of aryl methyl sites for hydroxylation is 1. The molecule has 0 radical (unpaired) electrons. The summed E-state index contributed by atoms with van der Waals surface area (Å²) in [6, 6.07) is 8.77. The maximum absolute atomic E-state index is 5.28. The van der Waals surface area contributed by atoms with Crippen LogP contribution in [0.25, 0.3) is 0 Å². The van der Waals surface area contributed by atoms with Crippen LogP contribution < -0.4 is 10.1 Å². The first-order valence-electron chi connectivity index (χ1n) is 6.66. The molecule has 2 nitrogen and oxygen atoms in total. The lowest BCUT2D eigenvalue weighted by Crippen LogP contribution is -2.23. The van der Waals surface area contributed by atoms with Crippen molar-refractivity contribution in [2.75, 3.05) is 13.7 Å². The van der Waals surface area contributed by atoms with Crippen LogP contribution in [0.3, 0.4) is 0 Å². The summed E-state index contributed by atoms with van der Waals surface area (Å²) >= 11 is 1.74. The second-order valence-corrected chi connectivity index (χ2v) is 5.45. The van der Waals surface area contributed by atoms with E-state index in [1.54, 1.807) is 18.4 Å². The third-order valence-corrected chi connectivity index (χ3v) is 3.96. The van der Waals surface area contributed by atoms with Gasteiger partial charge >= 0.3 is 0 Å². The molecule has 0 amide bonds. The molecule has 0 aliphatic heterocycles. The van der Waals surface area contributed by atoms with E-state index in [-0.39, 0.29) is 6.04 Å². The molecule has 0 aliphatic carbocycles. The Hall–Kier alpha value is -1.32. The molecule has 0 saturated carbocycles. The minimum Gasteiger partial charge on any atom is -0.497 e. The van der Waals surface area contributed by atoms with Crippen molar-refractivity contribution in [1.29, 1.82) is 0 Å². The van der Waals surface area contributed by atoms with Crippen molar-refractivity contribution in [3.8, 4) is 5.75 Å². The van der Waals surface area contributed by atoms with Crippen LogP contribution in [-0.2, 0) is 0 Å². The number of benzene rings is 1. The molecule has 0 bridgehead atoms. The molecule has 0 saturated heterocycles. The van der Waals surface area contributed by atoms with Gasteiger partial charge < -0.3 is 10.1 Å². The number of hydrogen-bond donors (Lipinski definition) is 1. The molecule has 1 heterocycles. The average molecular weight is 275 g/mol. The molecular weight excluding hydrogens is 254 g/mol.